The van der Waals surface area contributed by atoms with Crippen molar-refractivity contribution in [3.63, 3.8) is 0 Å². The number of hydrogen-bond donors (Lipinski definition) is 0. The lowest BCUT2D eigenvalue weighted by Gasteiger charge is -2.31. The van der Waals surface area contributed by atoms with Crippen LogP contribution in [0.1, 0.15) is 29.9 Å². The van der Waals surface area contributed by atoms with E-state index in [-0.39, 0.29) is 10.0 Å². The maximum atomic E-state index is 12.7. The fourth-order valence-corrected chi connectivity index (χ4v) is 4.94. The SMILES string of the molecule is Cc1cnccc1C1CCN(S(=O)(=O)c2cnn(C)c2Cl)CC1. The highest BCUT2D eigenvalue weighted by Gasteiger charge is 2.33. The standard InChI is InChI=1S/C15H19ClN4O2S/c1-11-9-17-6-3-13(11)12-4-7-20(8-5-12)23(21,22)14-10-18-19(2)15(14)16/h3,6,9-10,12H,4-5,7-8H2,1-2H3. The van der Waals surface area contributed by atoms with Gasteiger partial charge in [-0.05, 0) is 42.9 Å². The summed E-state index contributed by atoms with van der Waals surface area (Å²) in [7, 11) is -1.96. The van der Waals surface area contributed by atoms with Crippen LogP contribution in [0.15, 0.2) is 29.6 Å². The summed E-state index contributed by atoms with van der Waals surface area (Å²) in [6, 6.07) is 2.03. The minimum absolute atomic E-state index is 0.0835. The van der Waals surface area contributed by atoms with Gasteiger partial charge in [0, 0.05) is 32.5 Å². The minimum atomic E-state index is -3.58. The predicted octanol–water partition coefficient (Wildman–Crippen LogP) is 2.35. The number of pyridine rings is 1. The Kier molecular flexibility index (Phi) is 4.44. The number of piperidine rings is 1. The van der Waals surface area contributed by atoms with Gasteiger partial charge in [-0.1, -0.05) is 11.6 Å². The first-order chi connectivity index (χ1) is 10.9. The fraction of sp³-hybridized carbons (Fsp3) is 0.467. The molecule has 0 atom stereocenters. The Labute approximate surface area is 141 Å². The topological polar surface area (TPSA) is 68.1 Å². The molecule has 23 heavy (non-hydrogen) atoms. The van der Waals surface area contributed by atoms with Gasteiger partial charge in [-0.3, -0.25) is 9.67 Å². The molecule has 2 aromatic heterocycles. The lowest BCUT2D eigenvalue weighted by atomic mass is 9.88. The largest absolute Gasteiger partial charge is 0.264 e. The lowest BCUT2D eigenvalue weighted by Crippen LogP contribution is -2.38. The van der Waals surface area contributed by atoms with Crippen molar-refractivity contribution in [1.29, 1.82) is 0 Å². The molecule has 1 saturated heterocycles. The highest BCUT2D eigenvalue weighted by molar-refractivity contribution is 7.89. The zero-order valence-corrected chi connectivity index (χ0v) is 14.7. The maximum Gasteiger partial charge on any atom is 0.247 e. The molecule has 0 N–H and O–H groups in total. The molecule has 2 aromatic rings. The van der Waals surface area contributed by atoms with Gasteiger partial charge in [-0.25, -0.2) is 8.42 Å². The molecule has 0 unspecified atom stereocenters. The molecule has 0 aromatic carbocycles. The van der Waals surface area contributed by atoms with Crippen LogP contribution in [0.4, 0.5) is 0 Å². The van der Waals surface area contributed by atoms with E-state index >= 15 is 0 Å². The molecule has 0 saturated carbocycles. The Hall–Kier alpha value is -1.44. The van der Waals surface area contributed by atoms with E-state index in [0.29, 0.717) is 19.0 Å². The second-order valence-electron chi connectivity index (χ2n) is 5.83. The van der Waals surface area contributed by atoms with Crippen LogP contribution in [0.2, 0.25) is 5.15 Å². The molecule has 124 valence electrons. The summed E-state index contributed by atoms with van der Waals surface area (Å²) in [5, 5.41) is 4.07. The Morgan fingerprint density at radius 1 is 1.26 bits per heavy atom. The summed E-state index contributed by atoms with van der Waals surface area (Å²) in [4.78, 5) is 4.20. The van der Waals surface area contributed by atoms with Crippen molar-refractivity contribution < 1.29 is 8.42 Å². The van der Waals surface area contributed by atoms with Gasteiger partial charge in [0.15, 0.2) is 0 Å². The third-order valence-corrected chi connectivity index (χ3v) is 6.87. The summed E-state index contributed by atoms with van der Waals surface area (Å²) < 4.78 is 28.3. The van der Waals surface area contributed by atoms with Crippen LogP contribution in [0, 0.1) is 6.92 Å². The molecule has 8 heteroatoms. The molecule has 0 spiro atoms. The van der Waals surface area contributed by atoms with Crippen molar-refractivity contribution >= 4 is 21.6 Å². The fourth-order valence-electron chi connectivity index (χ4n) is 3.06. The molecule has 0 radical (unpaired) electrons. The van der Waals surface area contributed by atoms with Crippen molar-refractivity contribution in [2.75, 3.05) is 13.1 Å². The van der Waals surface area contributed by atoms with Crippen LogP contribution in [-0.2, 0) is 17.1 Å². The first-order valence-corrected chi connectivity index (χ1v) is 9.31. The van der Waals surface area contributed by atoms with E-state index in [1.807, 2.05) is 19.2 Å². The molecular weight excluding hydrogens is 336 g/mol. The third-order valence-electron chi connectivity index (χ3n) is 4.41. The third kappa shape index (κ3) is 3.00. The highest BCUT2D eigenvalue weighted by Crippen LogP contribution is 2.33. The van der Waals surface area contributed by atoms with Crippen molar-refractivity contribution in [3.05, 3.63) is 40.9 Å². The molecule has 1 fully saturated rings. The van der Waals surface area contributed by atoms with E-state index in [2.05, 4.69) is 10.1 Å². The van der Waals surface area contributed by atoms with Crippen LogP contribution in [0.25, 0.3) is 0 Å². The molecule has 1 aliphatic heterocycles. The number of aryl methyl sites for hydroxylation is 2. The molecular formula is C15H19ClN4O2S. The average molecular weight is 355 g/mol. The highest BCUT2D eigenvalue weighted by atomic mass is 35.5. The normalized spacial score (nSPS) is 17.5. The monoisotopic (exact) mass is 354 g/mol. The predicted molar refractivity (Wildman–Crippen MR) is 87.9 cm³/mol. The number of rotatable bonds is 3. The first-order valence-electron chi connectivity index (χ1n) is 7.49. The Bertz CT molecular complexity index is 811. The van der Waals surface area contributed by atoms with Crippen molar-refractivity contribution in [1.82, 2.24) is 19.1 Å². The van der Waals surface area contributed by atoms with Gasteiger partial charge in [0.1, 0.15) is 10.0 Å². The maximum absolute atomic E-state index is 12.7. The van der Waals surface area contributed by atoms with Crippen molar-refractivity contribution in [3.8, 4) is 0 Å². The molecule has 0 bridgehead atoms. The first kappa shape index (κ1) is 16.4. The Morgan fingerprint density at radius 2 is 1.96 bits per heavy atom. The van der Waals surface area contributed by atoms with Crippen LogP contribution < -0.4 is 0 Å². The van der Waals surface area contributed by atoms with E-state index in [4.69, 9.17) is 11.6 Å². The van der Waals surface area contributed by atoms with Crippen molar-refractivity contribution in [2.24, 2.45) is 7.05 Å². The van der Waals surface area contributed by atoms with Gasteiger partial charge < -0.3 is 0 Å². The molecule has 6 nitrogen and oxygen atoms in total. The number of halogens is 1. The Morgan fingerprint density at radius 3 is 2.52 bits per heavy atom. The van der Waals surface area contributed by atoms with Gasteiger partial charge in [-0.15, -0.1) is 0 Å². The number of hydrogen-bond acceptors (Lipinski definition) is 4. The van der Waals surface area contributed by atoms with Gasteiger partial charge in [-0.2, -0.15) is 9.40 Å². The number of sulfonamides is 1. The van der Waals surface area contributed by atoms with E-state index in [1.54, 1.807) is 13.2 Å². The summed E-state index contributed by atoms with van der Waals surface area (Å²) in [5.74, 6) is 0.369. The second kappa shape index (κ2) is 6.22. The molecule has 3 heterocycles. The van der Waals surface area contributed by atoms with Crippen LogP contribution in [0.5, 0.6) is 0 Å². The molecule has 0 aliphatic carbocycles. The zero-order chi connectivity index (χ0) is 16.6. The summed E-state index contributed by atoms with van der Waals surface area (Å²) >= 11 is 6.05. The zero-order valence-electron chi connectivity index (χ0n) is 13.1. The van der Waals surface area contributed by atoms with E-state index in [0.717, 1.165) is 18.4 Å². The smallest absolute Gasteiger partial charge is 0.247 e. The van der Waals surface area contributed by atoms with Gasteiger partial charge in [0.05, 0.1) is 6.20 Å². The number of aromatic nitrogens is 3. The minimum Gasteiger partial charge on any atom is -0.264 e. The van der Waals surface area contributed by atoms with Gasteiger partial charge in [0.25, 0.3) is 0 Å². The summed E-state index contributed by atoms with van der Waals surface area (Å²) in [6.07, 6.45) is 6.55. The summed E-state index contributed by atoms with van der Waals surface area (Å²) in [5.41, 5.74) is 2.42. The van der Waals surface area contributed by atoms with Gasteiger partial charge in [0.2, 0.25) is 10.0 Å². The summed E-state index contributed by atoms with van der Waals surface area (Å²) in [6.45, 7) is 3.01. The Balaban J connectivity index is 1.76. The molecule has 0 amide bonds. The van der Waals surface area contributed by atoms with Crippen LogP contribution in [0.3, 0.4) is 0 Å². The van der Waals surface area contributed by atoms with Crippen LogP contribution in [-0.4, -0.2) is 40.6 Å². The van der Waals surface area contributed by atoms with E-state index in [1.165, 1.54) is 20.7 Å². The van der Waals surface area contributed by atoms with E-state index < -0.39 is 10.0 Å². The van der Waals surface area contributed by atoms with E-state index in [9.17, 15) is 8.42 Å². The van der Waals surface area contributed by atoms with Crippen LogP contribution >= 0.6 is 11.6 Å². The quantitative estimate of drug-likeness (QED) is 0.848. The van der Waals surface area contributed by atoms with Gasteiger partial charge >= 0.3 is 0 Å². The molecule has 1 aliphatic rings. The van der Waals surface area contributed by atoms with Crippen molar-refractivity contribution in [2.45, 2.75) is 30.6 Å². The average Bonchev–Trinajstić information content (AvgIpc) is 2.88. The second-order valence-corrected chi connectivity index (χ2v) is 8.10. The molecule has 3 rings (SSSR count). The number of nitrogens with zero attached hydrogens (tertiary/aromatic N) is 4. The lowest BCUT2D eigenvalue weighted by molar-refractivity contribution is 0.319.